The van der Waals surface area contributed by atoms with Crippen LogP contribution >= 0.6 is 0 Å². The van der Waals surface area contributed by atoms with Crippen LogP contribution in [0.5, 0.6) is 0 Å². The monoisotopic (exact) mass is 390 g/mol. The second kappa shape index (κ2) is 16.6. The van der Waals surface area contributed by atoms with Crippen LogP contribution in [0.2, 0.25) is 0 Å². The molecule has 0 aliphatic rings. The molecule has 0 aromatic carbocycles. The maximum absolute atomic E-state index is 9.77. The van der Waals surface area contributed by atoms with Crippen molar-refractivity contribution in [3.8, 4) is 0 Å². The first-order chi connectivity index (χ1) is 11.5. The molecule has 3 atom stereocenters. The first kappa shape index (κ1) is 30.6. The molecular weight excluding hydrogens is 372 g/mol. The van der Waals surface area contributed by atoms with Crippen molar-refractivity contribution in [1.82, 2.24) is 0 Å². The summed E-state index contributed by atoms with van der Waals surface area (Å²) in [7, 11) is 0. The van der Waals surface area contributed by atoms with Crippen LogP contribution in [0.3, 0.4) is 0 Å². The fraction of sp³-hybridized carbons (Fsp3) is 0.455. The number of carbonyl (C=O) groups is 6. The van der Waals surface area contributed by atoms with Crippen molar-refractivity contribution in [1.29, 1.82) is 0 Å². The van der Waals surface area contributed by atoms with E-state index in [2.05, 4.69) is 0 Å². The van der Waals surface area contributed by atoms with E-state index in [9.17, 15) is 14.4 Å². The van der Waals surface area contributed by atoms with Gasteiger partial charge in [-0.3, -0.25) is 4.79 Å². The summed E-state index contributed by atoms with van der Waals surface area (Å²) in [5.41, 5.74) is 0. The zero-order valence-corrected chi connectivity index (χ0v) is 13.2. The van der Waals surface area contributed by atoms with E-state index in [4.69, 9.17) is 60.3 Å². The number of aliphatic hydroxyl groups is 3. The molecule has 0 spiro atoms. The van der Waals surface area contributed by atoms with Crippen molar-refractivity contribution in [3.63, 3.8) is 0 Å². The fourth-order valence-electron chi connectivity index (χ4n) is 0.270. The SMILES string of the molecule is CC(=O)O.CC(O)C(=O)O.O=C(O)C(=O)O.O=C(O)C(O)C(O)C(=O)O. The summed E-state index contributed by atoms with van der Waals surface area (Å²) in [6, 6.07) is 0. The van der Waals surface area contributed by atoms with Gasteiger partial charge in [0.25, 0.3) is 5.97 Å². The Kier molecular flexibility index (Phi) is 19.5. The van der Waals surface area contributed by atoms with Crippen molar-refractivity contribution in [3.05, 3.63) is 0 Å². The largest absolute Gasteiger partial charge is 0.481 e. The third kappa shape index (κ3) is 28.8. The van der Waals surface area contributed by atoms with Gasteiger partial charge in [-0.05, 0) is 6.92 Å². The van der Waals surface area contributed by atoms with Crippen LogP contribution in [0.4, 0.5) is 0 Å². The molecule has 0 aromatic heterocycles. The lowest BCUT2D eigenvalue weighted by molar-refractivity contribution is -0.165. The minimum absolute atomic E-state index is 0.833. The molecule has 0 aliphatic carbocycles. The Morgan fingerprint density at radius 2 is 0.731 bits per heavy atom. The Bertz CT molecular complexity index is 460. The number of aliphatic carboxylic acids is 6. The van der Waals surface area contributed by atoms with Gasteiger partial charge in [0.05, 0.1) is 0 Å². The number of rotatable bonds is 4. The molecule has 152 valence electrons. The number of hydrogen-bond donors (Lipinski definition) is 9. The van der Waals surface area contributed by atoms with Gasteiger partial charge in [-0.2, -0.15) is 0 Å². The summed E-state index contributed by atoms with van der Waals surface area (Å²) in [5, 5.41) is 70.5. The first-order valence-electron chi connectivity index (χ1n) is 5.87. The van der Waals surface area contributed by atoms with Gasteiger partial charge in [-0.15, -0.1) is 0 Å². The standard InChI is InChI=1S/C4H6O6.C3H6O3.C2H2O4.C2H4O2/c5-1(3(7)8)2(6)4(9)10;1-2(4)3(5)6;3-1(4)2(5)6;1-2(3)4/h1-2,5-6H,(H,7,8)(H,9,10);2,4H,1H3,(H,5,6);(H,3,4)(H,5,6);1H3,(H,3,4). The topological polar surface area (TPSA) is 284 Å². The van der Waals surface area contributed by atoms with Gasteiger partial charge in [0.1, 0.15) is 6.10 Å². The Hall–Kier alpha value is -3.30. The van der Waals surface area contributed by atoms with Crippen molar-refractivity contribution < 1.29 is 74.7 Å². The van der Waals surface area contributed by atoms with Crippen LogP contribution in [-0.4, -0.2) is 100 Å². The number of carboxylic acids is 6. The summed E-state index contributed by atoms with van der Waals surface area (Å²) in [5.74, 6) is -9.20. The van der Waals surface area contributed by atoms with Crippen molar-refractivity contribution >= 4 is 35.8 Å². The third-order valence-corrected chi connectivity index (χ3v) is 1.35. The second-order valence-corrected chi connectivity index (χ2v) is 3.71. The zero-order valence-electron chi connectivity index (χ0n) is 13.2. The Morgan fingerprint density at radius 3 is 0.769 bits per heavy atom. The summed E-state index contributed by atoms with van der Waals surface area (Å²) in [4.78, 5) is 56.2. The molecule has 15 heteroatoms. The molecule has 0 saturated carbocycles. The normalized spacial score (nSPS) is 11.9. The Labute approximate surface area is 144 Å². The van der Waals surface area contributed by atoms with Crippen LogP contribution in [0.15, 0.2) is 0 Å². The van der Waals surface area contributed by atoms with Crippen molar-refractivity contribution in [2.75, 3.05) is 0 Å². The molecule has 0 rings (SSSR count). The average molecular weight is 390 g/mol. The van der Waals surface area contributed by atoms with Gasteiger partial charge < -0.3 is 46.0 Å². The van der Waals surface area contributed by atoms with Gasteiger partial charge >= 0.3 is 29.8 Å². The summed E-state index contributed by atoms with van der Waals surface area (Å²) in [6.07, 6.45) is -5.76. The van der Waals surface area contributed by atoms with Crippen LogP contribution in [0.25, 0.3) is 0 Å². The molecular formula is C11H18O15. The van der Waals surface area contributed by atoms with Crippen LogP contribution in [0.1, 0.15) is 13.8 Å². The minimum atomic E-state index is -2.27. The molecule has 0 aliphatic heterocycles. The van der Waals surface area contributed by atoms with Crippen molar-refractivity contribution in [2.24, 2.45) is 0 Å². The lowest BCUT2D eigenvalue weighted by atomic mass is 10.2. The lowest BCUT2D eigenvalue weighted by Crippen LogP contribution is -2.39. The molecule has 15 nitrogen and oxygen atoms in total. The summed E-state index contributed by atoms with van der Waals surface area (Å²) < 4.78 is 0. The van der Waals surface area contributed by atoms with E-state index in [1.807, 2.05) is 0 Å². The highest BCUT2D eigenvalue weighted by Gasteiger charge is 2.29. The van der Waals surface area contributed by atoms with E-state index in [-0.39, 0.29) is 0 Å². The molecule has 26 heavy (non-hydrogen) atoms. The highest BCUT2D eigenvalue weighted by molar-refractivity contribution is 6.27. The fourth-order valence-corrected chi connectivity index (χ4v) is 0.270. The zero-order chi connectivity index (χ0) is 22.2. The molecule has 3 unspecified atom stereocenters. The first-order valence-corrected chi connectivity index (χ1v) is 5.87. The van der Waals surface area contributed by atoms with Gasteiger partial charge in [-0.25, -0.2) is 24.0 Å². The molecule has 0 bridgehead atoms. The van der Waals surface area contributed by atoms with E-state index in [0.717, 1.165) is 6.92 Å². The number of carboxylic acid groups (broad SMARTS) is 6. The molecule has 9 N–H and O–H groups in total. The number of hydrogen-bond acceptors (Lipinski definition) is 9. The highest BCUT2D eigenvalue weighted by Crippen LogP contribution is 1.92. The Morgan fingerprint density at radius 1 is 0.577 bits per heavy atom. The van der Waals surface area contributed by atoms with E-state index in [1.165, 1.54) is 6.92 Å². The van der Waals surface area contributed by atoms with Crippen molar-refractivity contribution in [2.45, 2.75) is 32.2 Å². The minimum Gasteiger partial charge on any atom is -0.481 e. The van der Waals surface area contributed by atoms with Gasteiger partial charge in [0, 0.05) is 6.92 Å². The quantitative estimate of drug-likeness (QED) is 0.211. The maximum atomic E-state index is 9.77. The highest BCUT2D eigenvalue weighted by atomic mass is 16.4. The van der Waals surface area contributed by atoms with Gasteiger partial charge in [0.2, 0.25) is 0 Å². The molecule has 0 radical (unpaired) electrons. The molecule has 0 amide bonds. The van der Waals surface area contributed by atoms with Gasteiger partial charge in [-0.1, -0.05) is 0 Å². The molecule has 0 fully saturated rings. The third-order valence-electron chi connectivity index (χ3n) is 1.35. The van der Waals surface area contributed by atoms with Crippen LogP contribution in [0, 0.1) is 0 Å². The van der Waals surface area contributed by atoms with E-state index in [0.29, 0.717) is 0 Å². The summed E-state index contributed by atoms with van der Waals surface area (Å²) >= 11 is 0. The van der Waals surface area contributed by atoms with Crippen LogP contribution < -0.4 is 0 Å². The predicted octanol–water partition coefficient (Wildman–Crippen LogP) is -3.42. The Balaban J connectivity index is -0.000000132. The molecule has 0 heterocycles. The smallest absolute Gasteiger partial charge is 0.414 e. The van der Waals surface area contributed by atoms with E-state index < -0.39 is 54.1 Å². The van der Waals surface area contributed by atoms with E-state index >= 15 is 0 Å². The van der Waals surface area contributed by atoms with Gasteiger partial charge in [0.15, 0.2) is 12.2 Å². The average Bonchev–Trinajstić information content (AvgIpc) is 2.45. The number of aliphatic hydroxyl groups excluding tert-OH is 3. The van der Waals surface area contributed by atoms with E-state index in [1.54, 1.807) is 0 Å². The lowest BCUT2D eigenvalue weighted by Gasteiger charge is -2.07. The molecule has 0 aromatic rings. The maximum Gasteiger partial charge on any atom is 0.414 e. The summed E-state index contributed by atoms with van der Waals surface area (Å²) in [6.45, 7) is 2.28. The van der Waals surface area contributed by atoms with Crippen LogP contribution in [-0.2, 0) is 28.8 Å². The predicted molar refractivity (Wildman–Crippen MR) is 75.2 cm³/mol. The second-order valence-electron chi connectivity index (χ2n) is 3.71. The molecule has 0 saturated heterocycles.